The molecule has 3 rings (SSSR count). The molecule has 2 heteroatoms. The molecule has 2 nitrogen and oxygen atoms in total. The summed E-state index contributed by atoms with van der Waals surface area (Å²) in [6.45, 7) is 5.22. The lowest BCUT2D eigenvalue weighted by molar-refractivity contribution is 0.686. The molecule has 0 atom stereocenters. The van der Waals surface area contributed by atoms with Crippen LogP contribution in [0.4, 0.5) is 0 Å². The van der Waals surface area contributed by atoms with Gasteiger partial charge in [-0.1, -0.05) is 26.0 Å². The number of fused-ring (bicyclic) bond motifs is 1. The zero-order valence-corrected chi connectivity index (χ0v) is 10.6. The Labute approximate surface area is 102 Å². The minimum absolute atomic E-state index is 0.261. The van der Waals surface area contributed by atoms with Crippen LogP contribution in [0.3, 0.4) is 0 Å². The van der Waals surface area contributed by atoms with Gasteiger partial charge in [-0.3, -0.25) is 0 Å². The van der Waals surface area contributed by atoms with Crippen molar-refractivity contribution in [3.63, 3.8) is 0 Å². The van der Waals surface area contributed by atoms with E-state index in [1.807, 2.05) is 0 Å². The van der Waals surface area contributed by atoms with Crippen molar-refractivity contribution < 1.29 is 0 Å². The fourth-order valence-electron chi connectivity index (χ4n) is 2.52. The molecule has 1 fully saturated rings. The van der Waals surface area contributed by atoms with E-state index in [9.17, 15) is 0 Å². The Balaban J connectivity index is 2.07. The molecule has 0 amide bonds. The van der Waals surface area contributed by atoms with Crippen molar-refractivity contribution in [2.75, 3.05) is 6.54 Å². The van der Waals surface area contributed by atoms with E-state index in [4.69, 9.17) is 5.73 Å². The summed E-state index contributed by atoms with van der Waals surface area (Å²) in [7, 11) is 0. The molecule has 0 bridgehead atoms. The molecule has 1 aliphatic rings. The molecule has 1 aromatic heterocycles. The first-order valence-corrected chi connectivity index (χ1v) is 6.48. The van der Waals surface area contributed by atoms with Crippen molar-refractivity contribution in [3.8, 4) is 0 Å². The lowest BCUT2D eigenvalue weighted by atomic mass is 10.0. The first-order chi connectivity index (χ1) is 8.14. The minimum atomic E-state index is 0.261. The van der Waals surface area contributed by atoms with E-state index in [0.29, 0.717) is 5.92 Å². The summed E-state index contributed by atoms with van der Waals surface area (Å²) in [5.41, 5.74) is 10.1. The average molecular weight is 228 g/mol. The Kier molecular flexibility index (Phi) is 2.30. The first-order valence-electron chi connectivity index (χ1n) is 6.48. The van der Waals surface area contributed by atoms with Crippen molar-refractivity contribution in [2.45, 2.75) is 38.0 Å². The summed E-state index contributed by atoms with van der Waals surface area (Å²) < 4.78 is 0. The van der Waals surface area contributed by atoms with Gasteiger partial charge in [0.2, 0.25) is 0 Å². The van der Waals surface area contributed by atoms with E-state index in [0.717, 1.165) is 6.54 Å². The summed E-state index contributed by atoms with van der Waals surface area (Å²) in [5, 5.41) is 1.31. The molecule has 2 aromatic rings. The van der Waals surface area contributed by atoms with Gasteiger partial charge in [0.1, 0.15) is 0 Å². The Morgan fingerprint density at radius 2 is 2.06 bits per heavy atom. The van der Waals surface area contributed by atoms with E-state index in [-0.39, 0.29) is 5.41 Å². The smallest absolute Gasteiger partial charge is 0.0459 e. The third kappa shape index (κ3) is 1.67. The average Bonchev–Trinajstić information content (AvgIpc) is 3.01. The Bertz CT molecular complexity index is 547. The molecule has 90 valence electrons. The quantitative estimate of drug-likeness (QED) is 0.831. The molecule has 1 aliphatic carbocycles. The van der Waals surface area contributed by atoms with Crippen LogP contribution < -0.4 is 5.73 Å². The molecule has 1 saturated carbocycles. The molecule has 0 radical (unpaired) electrons. The number of aromatic nitrogens is 1. The van der Waals surface area contributed by atoms with Gasteiger partial charge in [0.15, 0.2) is 0 Å². The molecule has 1 aromatic carbocycles. The largest absolute Gasteiger partial charge is 0.358 e. The highest BCUT2D eigenvalue weighted by molar-refractivity contribution is 5.81. The van der Waals surface area contributed by atoms with Crippen LogP contribution in [0.2, 0.25) is 0 Å². The second kappa shape index (κ2) is 3.61. The van der Waals surface area contributed by atoms with Crippen LogP contribution in [0, 0.1) is 0 Å². The third-order valence-corrected chi connectivity index (χ3v) is 4.13. The Hall–Kier alpha value is -1.28. The number of nitrogens with two attached hydrogens (primary N) is 1. The lowest BCUT2D eigenvalue weighted by Gasteiger charge is -2.08. The van der Waals surface area contributed by atoms with Crippen molar-refractivity contribution >= 4 is 10.9 Å². The van der Waals surface area contributed by atoms with Crippen LogP contribution in [0.5, 0.6) is 0 Å². The predicted octanol–water partition coefficient (Wildman–Crippen LogP) is 3.28. The molecule has 0 saturated heterocycles. The molecule has 1 heterocycles. The number of hydrogen-bond donors (Lipinski definition) is 2. The summed E-state index contributed by atoms with van der Waals surface area (Å²) >= 11 is 0. The van der Waals surface area contributed by atoms with Gasteiger partial charge in [0, 0.05) is 23.2 Å². The van der Waals surface area contributed by atoms with Gasteiger partial charge in [-0.25, -0.2) is 0 Å². The SMILES string of the molecule is CC(C)c1ccc2cc(C3(CN)CC3)[nH]c2c1. The van der Waals surface area contributed by atoms with Gasteiger partial charge in [0.25, 0.3) is 0 Å². The van der Waals surface area contributed by atoms with Crippen LogP contribution in [0.15, 0.2) is 24.3 Å². The Morgan fingerprint density at radius 1 is 1.29 bits per heavy atom. The number of aromatic amines is 1. The van der Waals surface area contributed by atoms with E-state index in [2.05, 4.69) is 43.1 Å². The number of hydrogen-bond acceptors (Lipinski definition) is 1. The minimum Gasteiger partial charge on any atom is -0.358 e. The molecule has 0 aliphatic heterocycles. The summed E-state index contributed by atoms with van der Waals surface area (Å²) in [6, 6.07) is 9.00. The lowest BCUT2D eigenvalue weighted by Crippen LogP contribution is -2.19. The second-order valence-corrected chi connectivity index (χ2v) is 5.67. The highest BCUT2D eigenvalue weighted by Gasteiger charge is 2.44. The number of nitrogens with one attached hydrogen (secondary N) is 1. The predicted molar refractivity (Wildman–Crippen MR) is 72.4 cm³/mol. The summed E-state index contributed by atoms with van der Waals surface area (Å²) in [5.74, 6) is 0.579. The fourth-order valence-corrected chi connectivity index (χ4v) is 2.52. The van der Waals surface area contributed by atoms with Gasteiger partial charge < -0.3 is 10.7 Å². The van der Waals surface area contributed by atoms with Crippen LogP contribution >= 0.6 is 0 Å². The van der Waals surface area contributed by atoms with Crippen LogP contribution in [0.25, 0.3) is 10.9 Å². The highest BCUT2D eigenvalue weighted by atomic mass is 14.8. The molecular weight excluding hydrogens is 208 g/mol. The zero-order valence-electron chi connectivity index (χ0n) is 10.6. The van der Waals surface area contributed by atoms with Crippen molar-refractivity contribution in [1.29, 1.82) is 0 Å². The van der Waals surface area contributed by atoms with Crippen molar-refractivity contribution in [2.24, 2.45) is 5.73 Å². The first kappa shape index (κ1) is 10.8. The summed E-state index contributed by atoms with van der Waals surface area (Å²) in [6.07, 6.45) is 2.46. The number of H-pyrrole nitrogens is 1. The van der Waals surface area contributed by atoms with E-state index in [1.165, 1.54) is 35.0 Å². The number of rotatable bonds is 3. The maximum atomic E-state index is 5.88. The van der Waals surface area contributed by atoms with Gasteiger partial charge in [0.05, 0.1) is 0 Å². The normalized spacial score (nSPS) is 17.9. The fraction of sp³-hybridized carbons (Fsp3) is 0.467. The van der Waals surface area contributed by atoms with E-state index < -0.39 is 0 Å². The molecule has 17 heavy (non-hydrogen) atoms. The van der Waals surface area contributed by atoms with Crippen molar-refractivity contribution in [3.05, 3.63) is 35.5 Å². The third-order valence-electron chi connectivity index (χ3n) is 4.13. The monoisotopic (exact) mass is 228 g/mol. The standard InChI is InChI=1S/C15H20N2/c1-10(2)11-3-4-12-8-14(17-13(12)7-11)15(9-16)5-6-15/h3-4,7-8,10,17H,5-6,9,16H2,1-2H3. The molecule has 0 unspecified atom stereocenters. The maximum absolute atomic E-state index is 5.88. The summed E-state index contributed by atoms with van der Waals surface area (Å²) in [4.78, 5) is 3.56. The number of benzene rings is 1. The van der Waals surface area contributed by atoms with Crippen molar-refractivity contribution in [1.82, 2.24) is 4.98 Å². The highest BCUT2D eigenvalue weighted by Crippen LogP contribution is 2.47. The van der Waals surface area contributed by atoms with Gasteiger partial charge in [-0.2, -0.15) is 0 Å². The second-order valence-electron chi connectivity index (χ2n) is 5.67. The topological polar surface area (TPSA) is 41.8 Å². The maximum Gasteiger partial charge on any atom is 0.0459 e. The van der Waals surface area contributed by atoms with E-state index in [1.54, 1.807) is 0 Å². The molecule has 0 spiro atoms. The van der Waals surface area contributed by atoms with Crippen LogP contribution in [-0.2, 0) is 5.41 Å². The van der Waals surface area contributed by atoms with Gasteiger partial charge in [-0.05, 0) is 41.8 Å². The van der Waals surface area contributed by atoms with Gasteiger partial charge in [-0.15, -0.1) is 0 Å². The van der Waals surface area contributed by atoms with Crippen LogP contribution in [-0.4, -0.2) is 11.5 Å². The van der Waals surface area contributed by atoms with Gasteiger partial charge >= 0.3 is 0 Å². The molecular formula is C15H20N2. The zero-order chi connectivity index (χ0) is 12.0. The Morgan fingerprint density at radius 3 is 2.65 bits per heavy atom. The van der Waals surface area contributed by atoms with Crippen LogP contribution in [0.1, 0.15) is 43.9 Å². The molecule has 3 N–H and O–H groups in total. The van der Waals surface area contributed by atoms with E-state index >= 15 is 0 Å².